The van der Waals surface area contributed by atoms with Gasteiger partial charge in [0.05, 0.1) is 35.0 Å². The molecule has 2 N–H and O–H groups in total. The normalized spacial score (nSPS) is 12.4. The van der Waals surface area contributed by atoms with Crippen molar-refractivity contribution in [2.24, 2.45) is 0 Å². The molecule has 5 rings (SSSR count). The molecule has 0 aliphatic heterocycles. The molecule has 5 aromatic rings. The van der Waals surface area contributed by atoms with Crippen molar-refractivity contribution in [3.05, 3.63) is 86.9 Å². The second-order valence-electron chi connectivity index (χ2n) is 8.02. The zero-order chi connectivity index (χ0) is 22.4. The van der Waals surface area contributed by atoms with E-state index in [1.54, 1.807) is 25.4 Å². The molecule has 7 heteroatoms. The van der Waals surface area contributed by atoms with E-state index in [-0.39, 0.29) is 11.5 Å². The molecule has 2 aromatic carbocycles. The molecule has 3 aromatic heterocycles. The molecule has 0 spiro atoms. The Hall–Kier alpha value is -3.64. The molecular weight excluding hydrogens is 424 g/mol. The Morgan fingerprint density at radius 3 is 2.72 bits per heavy atom. The first-order valence-electron chi connectivity index (χ1n) is 10.3. The lowest BCUT2D eigenvalue weighted by molar-refractivity contribution is 0.605. The van der Waals surface area contributed by atoms with Crippen LogP contribution in [0.15, 0.2) is 64.1 Å². The van der Waals surface area contributed by atoms with E-state index in [4.69, 9.17) is 16.0 Å². The van der Waals surface area contributed by atoms with Gasteiger partial charge in [-0.3, -0.25) is 9.89 Å². The van der Waals surface area contributed by atoms with Gasteiger partial charge in [0.15, 0.2) is 5.43 Å². The molecule has 3 heterocycles. The average molecular weight is 445 g/mol. The fourth-order valence-corrected chi connectivity index (χ4v) is 4.14. The van der Waals surface area contributed by atoms with Gasteiger partial charge in [0.2, 0.25) is 0 Å². The molecule has 0 saturated heterocycles. The fraction of sp³-hybridized carbons (Fsp3) is 0.160. The number of fused-ring (bicyclic) bond motifs is 2. The van der Waals surface area contributed by atoms with Gasteiger partial charge in [0, 0.05) is 22.1 Å². The summed E-state index contributed by atoms with van der Waals surface area (Å²) in [6.45, 7) is 5.81. The van der Waals surface area contributed by atoms with Gasteiger partial charge in [0.25, 0.3) is 0 Å². The molecular formula is C25H21ClN4O2. The first kappa shape index (κ1) is 20.3. The topological polar surface area (TPSA) is 83.8 Å². The highest BCUT2D eigenvalue weighted by atomic mass is 35.5. The van der Waals surface area contributed by atoms with Gasteiger partial charge >= 0.3 is 0 Å². The number of aromatic amines is 1. The highest BCUT2D eigenvalue weighted by Gasteiger charge is 2.19. The number of rotatable bonds is 4. The number of hydrogen-bond acceptors (Lipinski definition) is 5. The SMILES string of the molecule is Cc1cc(C(C)Nc2ccc(Cl)nc2)c2oc(-c3ccc4cn[nH]c4c3)c(C)c(=O)c2c1. The Morgan fingerprint density at radius 2 is 1.94 bits per heavy atom. The Morgan fingerprint density at radius 1 is 1.09 bits per heavy atom. The van der Waals surface area contributed by atoms with Gasteiger partial charge in [-0.15, -0.1) is 0 Å². The number of halogens is 1. The number of aromatic nitrogens is 3. The van der Waals surface area contributed by atoms with E-state index in [0.29, 0.717) is 27.4 Å². The molecule has 0 amide bonds. The summed E-state index contributed by atoms with van der Waals surface area (Å²) >= 11 is 5.91. The smallest absolute Gasteiger partial charge is 0.196 e. The van der Waals surface area contributed by atoms with Crippen LogP contribution >= 0.6 is 11.6 Å². The summed E-state index contributed by atoms with van der Waals surface area (Å²) in [5.41, 5.74) is 5.56. The highest BCUT2D eigenvalue weighted by molar-refractivity contribution is 6.29. The largest absolute Gasteiger partial charge is 0.455 e. The number of hydrogen-bond donors (Lipinski definition) is 2. The zero-order valence-corrected chi connectivity index (χ0v) is 18.6. The maximum atomic E-state index is 13.3. The van der Waals surface area contributed by atoms with Crippen molar-refractivity contribution < 1.29 is 4.42 Å². The number of pyridine rings is 1. The van der Waals surface area contributed by atoms with Crippen LogP contribution in [0, 0.1) is 13.8 Å². The van der Waals surface area contributed by atoms with Crippen molar-refractivity contribution in [1.29, 1.82) is 0 Å². The number of anilines is 1. The van der Waals surface area contributed by atoms with Crippen molar-refractivity contribution in [1.82, 2.24) is 15.2 Å². The molecule has 0 fully saturated rings. The molecule has 1 unspecified atom stereocenters. The van der Waals surface area contributed by atoms with Crippen molar-refractivity contribution in [2.45, 2.75) is 26.8 Å². The first-order chi connectivity index (χ1) is 15.4. The van der Waals surface area contributed by atoms with E-state index in [1.165, 1.54) is 0 Å². The van der Waals surface area contributed by atoms with Crippen LogP contribution in [-0.4, -0.2) is 15.2 Å². The molecule has 0 aliphatic rings. The summed E-state index contributed by atoms with van der Waals surface area (Å²) in [5, 5.41) is 12.5. The van der Waals surface area contributed by atoms with Gasteiger partial charge < -0.3 is 9.73 Å². The van der Waals surface area contributed by atoms with Crippen molar-refractivity contribution in [3.8, 4) is 11.3 Å². The lowest BCUT2D eigenvalue weighted by atomic mass is 9.98. The molecule has 6 nitrogen and oxygen atoms in total. The number of nitrogens with zero attached hydrogens (tertiary/aromatic N) is 2. The van der Waals surface area contributed by atoms with Crippen molar-refractivity contribution >= 4 is 39.2 Å². The van der Waals surface area contributed by atoms with Gasteiger partial charge in [-0.25, -0.2) is 4.98 Å². The predicted molar refractivity (Wildman–Crippen MR) is 128 cm³/mol. The minimum atomic E-state index is -0.130. The lowest BCUT2D eigenvalue weighted by Crippen LogP contribution is -2.12. The van der Waals surface area contributed by atoms with Crippen LogP contribution in [0.4, 0.5) is 5.69 Å². The standard InChI is InChI=1S/C25H21ClN4O2/c1-13-8-19(15(3)29-18-6-7-22(26)27-12-18)25-20(9-13)23(31)14(2)24(32-25)16-4-5-17-11-28-30-21(17)10-16/h4-12,15,29H,1-3H3,(H,28,30). The van der Waals surface area contributed by atoms with Crippen LogP contribution in [0.5, 0.6) is 0 Å². The van der Waals surface area contributed by atoms with Crippen LogP contribution in [0.1, 0.15) is 29.7 Å². The van der Waals surface area contributed by atoms with Crippen LogP contribution in [0.25, 0.3) is 33.2 Å². The monoisotopic (exact) mass is 444 g/mol. The number of aryl methyl sites for hydroxylation is 1. The molecule has 1 atom stereocenters. The lowest BCUT2D eigenvalue weighted by Gasteiger charge is -2.18. The van der Waals surface area contributed by atoms with E-state index in [2.05, 4.69) is 20.5 Å². The summed E-state index contributed by atoms with van der Waals surface area (Å²) in [5.74, 6) is 0.560. The van der Waals surface area contributed by atoms with Crippen LogP contribution in [0.2, 0.25) is 5.15 Å². The average Bonchev–Trinajstić information content (AvgIpc) is 3.25. The minimum Gasteiger partial charge on any atom is -0.455 e. The summed E-state index contributed by atoms with van der Waals surface area (Å²) in [6.07, 6.45) is 3.45. The van der Waals surface area contributed by atoms with Gasteiger partial charge in [-0.2, -0.15) is 5.10 Å². The van der Waals surface area contributed by atoms with Gasteiger partial charge in [-0.1, -0.05) is 29.8 Å². The van der Waals surface area contributed by atoms with E-state index in [0.717, 1.165) is 33.3 Å². The van der Waals surface area contributed by atoms with Crippen LogP contribution in [0.3, 0.4) is 0 Å². The molecule has 0 radical (unpaired) electrons. The summed E-state index contributed by atoms with van der Waals surface area (Å²) < 4.78 is 6.44. The quantitative estimate of drug-likeness (QED) is 0.323. The Kier molecular flexibility index (Phi) is 4.94. The third-order valence-corrected chi connectivity index (χ3v) is 5.90. The van der Waals surface area contributed by atoms with Gasteiger partial charge in [-0.05, 0) is 50.6 Å². The van der Waals surface area contributed by atoms with Crippen molar-refractivity contribution in [3.63, 3.8) is 0 Å². The minimum absolute atomic E-state index is 0.0312. The summed E-state index contributed by atoms with van der Waals surface area (Å²) in [4.78, 5) is 17.5. The zero-order valence-electron chi connectivity index (χ0n) is 17.9. The van der Waals surface area contributed by atoms with Crippen molar-refractivity contribution in [2.75, 3.05) is 5.32 Å². The van der Waals surface area contributed by atoms with E-state index >= 15 is 0 Å². The highest BCUT2D eigenvalue weighted by Crippen LogP contribution is 2.33. The van der Waals surface area contributed by atoms with E-state index in [1.807, 2.05) is 50.2 Å². The second-order valence-corrected chi connectivity index (χ2v) is 8.41. The fourth-order valence-electron chi connectivity index (χ4n) is 4.03. The number of benzene rings is 2. The number of nitrogens with one attached hydrogen (secondary N) is 2. The summed E-state index contributed by atoms with van der Waals surface area (Å²) in [6, 6.07) is 13.3. The van der Waals surface area contributed by atoms with E-state index < -0.39 is 0 Å². The first-order valence-corrected chi connectivity index (χ1v) is 10.7. The molecule has 0 bridgehead atoms. The molecule has 160 valence electrons. The number of H-pyrrole nitrogens is 1. The van der Waals surface area contributed by atoms with Gasteiger partial charge in [0.1, 0.15) is 16.5 Å². The maximum Gasteiger partial charge on any atom is 0.196 e. The van der Waals surface area contributed by atoms with Crippen LogP contribution in [-0.2, 0) is 0 Å². The predicted octanol–water partition coefficient (Wildman–Crippen LogP) is 6.17. The molecule has 0 aliphatic carbocycles. The second kappa shape index (κ2) is 7.80. The Balaban J connectivity index is 1.67. The Bertz CT molecular complexity index is 1520. The summed E-state index contributed by atoms with van der Waals surface area (Å²) in [7, 11) is 0. The van der Waals surface area contributed by atoms with Crippen LogP contribution < -0.4 is 10.7 Å². The Labute approximate surface area is 189 Å². The van der Waals surface area contributed by atoms with E-state index in [9.17, 15) is 4.79 Å². The maximum absolute atomic E-state index is 13.3. The third-order valence-electron chi connectivity index (χ3n) is 5.67. The molecule has 32 heavy (non-hydrogen) atoms. The third kappa shape index (κ3) is 3.52. The molecule has 0 saturated carbocycles.